The predicted octanol–water partition coefficient (Wildman–Crippen LogP) is 3.27. The SMILES string of the molecule is BrC1(Cc2cccnc2)C=CC=CC1. The Balaban J connectivity index is 2.11. The van der Waals surface area contributed by atoms with Crippen LogP contribution in [0.3, 0.4) is 0 Å². The van der Waals surface area contributed by atoms with Gasteiger partial charge in [0.2, 0.25) is 0 Å². The summed E-state index contributed by atoms with van der Waals surface area (Å²) in [4.78, 5) is 4.12. The van der Waals surface area contributed by atoms with Gasteiger partial charge in [-0.1, -0.05) is 46.3 Å². The standard InChI is InChI=1S/C12H12BrN/c13-12(6-2-1-3-7-12)9-11-5-4-8-14-10-11/h1-6,8,10H,7,9H2. The molecule has 1 heterocycles. The molecule has 0 spiro atoms. The molecule has 0 amide bonds. The highest BCUT2D eigenvalue weighted by molar-refractivity contribution is 9.10. The van der Waals surface area contributed by atoms with Gasteiger partial charge >= 0.3 is 0 Å². The van der Waals surface area contributed by atoms with Gasteiger partial charge in [-0.05, 0) is 24.5 Å². The van der Waals surface area contributed by atoms with Gasteiger partial charge in [0.1, 0.15) is 0 Å². The van der Waals surface area contributed by atoms with Crippen molar-refractivity contribution in [3.63, 3.8) is 0 Å². The molecule has 0 radical (unpaired) electrons. The zero-order chi connectivity index (χ0) is 9.86. The third-order valence-corrected chi connectivity index (χ3v) is 3.19. The summed E-state index contributed by atoms with van der Waals surface area (Å²) in [5.74, 6) is 0. The van der Waals surface area contributed by atoms with Gasteiger partial charge in [0.15, 0.2) is 0 Å². The van der Waals surface area contributed by atoms with Crippen LogP contribution in [0, 0.1) is 0 Å². The van der Waals surface area contributed by atoms with E-state index in [1.165, 1.54) is 5.56 Å². The monoisotopic (exact) mass is 249 g/mol. The first kappa shape index (κ1) is 9.66. The number of pyridine rings is 1. The van der Waals surface area contributed by atoms with Gasteiger partial charge in [-0.15, -0.1) is 0 Å². The van der Waals surface area contributed by atoms with Crippen LogP contribution >= 0.6 is 15.9 Å². The van der Waals surface area contributed by atoms with Crippen molar-refractivity contribution in [1.82, 2.24) is 4.98 Å². The molecule has 1 aliphatic carbocycles. The van der Waals surface area contributed by atoms with E-state index >= 15 is 0 Å². The number of aromatic nitrogens is 1. The Labute approximate surface area is 92.7 Å². The molecule has 0 aliphatic heterocycles. The average molecular weight is 250 g/mol. The summed E-state index contributed by atoms with van der Waals surface area (Å²) in [6.45, 7) is 0. The van der Waals surface area contributed by atoms with Crippen LogP contribution in [-0.2, 0) is 6.42 Å². The molecule has 0 saturated carbocycles. The molecule has 1 aromatic heterocycles. The van der Waals surface area contributed by atoms with Gasteiger partial charge < -0.3 is 0 Å². The summed E-state index contributed by atoms with van der Waals surface area (Å²) in [5.41, 5.74) is 1.27. The molecule has 2 rings (SSSR count). The summed E-state index contributed by atoms with van der Waals surface area (Å²) in [6, 6.07) is 4.09. The maximum absolute atomic E-state index is 4.12. The van der Waals surface area contributed by atoms with E-state index in [1.54, 1.807) is 6.20 Å². The van der Waals surface area contributed by atoms with E-state index in [2.05, 4.69) is 51.3 Å². The lowest BCUT2D eigenvalue weighted by Crippen LogP contribution is -2.21. The highest BCUT2D eigenvalue weighted by Gasteiger charge is 2.23. The first-order chi connectivity index (χ1) is 6.79. The van der Waals surface area contributed by atoms with Crippen LogP contribution in [0.2, 0.25) is 0 Å². The highest BCUT2D eigenvalue weighted by atomic mass is 79.9. The average Bonchev–Trinajstić information content (AvgIpc) is 2.19. The Kier molecular flexibility index (Phi) is 2.82. The van der Waals surface area contributed by atoms with Gasteiger partial charge in [-0.3, -0.25) is 4.98 Å². The lowest BCUT2D eigenvalue weighted by Gasteiger charge is -2.24. The highest BCUT2D eigenvalue weighted by Crippen LogP contribution is 2.31. The largest absolute Gasteiger partial charge is 0.264 e. The van der Waals surface area contributed by atoms with Crippen LogP contribution < -0.4 is 0 Å². The summed E-state index contributed by atoms with van der Waals surface area (Å²) >= 11 is 3.77. The van der Waals surface area contributed by atoms with E-state index in [1.807, 2.05) is 12.3 Å². The molecule has 1 atom stereocenters. The van der Waals surface area contributed by atoms with Crippen LogP contribution in [0.4, 0.5) is 0 Å². The van der Waals surface area contributed by atoms with Crippen molar-refractivity contribution < 1.29 is 0 Å². The van der Waals surface area contributed by atoms with Crippen molar-refractivity contribution in [2.24, 2.45) is 0 Å². The lowest BCUT2D eigenvalue weighted by molar-refractivity contribution is 0.723. The maximum Gasteiger partial charge on any atom is 0.0515 e. The van der Waals surface area contributed by atoms with Crippen LogP contribution in [0.25, 0.3) is 0 Å². The molecule has 14 heavy (non-hydrogen) atoms. The number of rotatable bonds is 2. The Bertz CT molecular complexity index is 356. The van der Waals surface area contributed by atoms with E-state index < -0.39 is 0 Å². The minimum atomic E-state index is 0.0881. The molecule has 0 saturated heterocycles. The Morgan fingerprint density at radius 1 is 1.43 bits per heavy atom. The Hall–Kier alpha value is -0.890. The van der Waals surface area contributed by atoms with Crippen molar-refractivity contribution in [1.29, 1.82) is 0 Å². The number of hydrogen-bond acceptors (Lipinski definition) is 1. The fourth-order valence-electron chi connectivity index (χ4n) is 1.61. The van der Waals surface area contributed by atoms with Crippen LogP contribution in [0.5, 0.6) is 0 Å². The summed E-state index contributed by atoms with van der Waals surface area (Å²) in [5, 5.41) is 0. The van der Waals surface area contributed by atoms with E-state index in [0.717, 1.165) is 12.8 Å². The molecule has 0 bridgehead atoms. The molecule has 72 valence electrons. The Morgan fingerprint density at radius 2 is 2.36 bits per heavy atom. The number of nitrogens with zero attached hydrogens (tertiary/aromatic N) is 1. The normalized spacial score (nSPS) is 25.2. The molecule has 0 aromatic carbocycles. The second-order valence-corrected chi connectivity index (χ2v) is 5.14. The van der Waals surface area contributed by atoms with Gasteiger partial charge in [-0.2, -0.15) is 0 Å². The second kappa shape index (κ2) is 4.09. The second-order valence-electron chi connectivity index (χ2n) is 3.56. The topological polar surface area (TPSA) is 12.9 Å². The summed E-state index contributed by atoms with van der Waals surface area (Å²) < 4.78 is 0.0881. The first-order valence-corrected chi connectivity index (χ1v) is 5.50. The van der Waals surface area contributed by atoms with E-state index in [0.29, 0.717) is 0 Å². The molecule has 1 nitrogen and oxygen atoms in total. The number of allylic oxidation sites excluding steroid dienone is 4. The van der Waals surface area contributed by atoms with Crippen molar-refractivity contribution in [3.8, 4) is 0 Å². The fraction of sp³-hybridized carbons (Fsp3) is 0.250. The van der Waals surface area contributed by atoms with Crippen LogP contribution in [-0.4, -0.2) is 9.31 Å². The molecule has 0 N–H and O–H groups in total. The summed E-state index contributed by atoms with van der Waals surface area (Å²) in [6.07, 6.45) is 14.3. The molecular formula is C12H12BrN. The minimum absolute atomic E-state index is 0.0881. The molecule has 2 heteroatoms. The third kappa shape index (κ3) is 2.32. The van der Waals surface area contributed by atoms with Crippen LogP contribution in [0.15, 0.2) is 48.8 Å². The van der Waals surface area contributed by atoms with E-state index in [9.17, 15) is 0 Å². The quantitative estimate of drug-likeness (QED) is 0.734. The zero-order valence-corrected chi connectivity index (χ0v) is 9.44. The van der Waals surface area contributed by atoms with E-state index in [-0.39, 0.29) is 4.32 Å². The third-order valence-electron chi connectivity index (χ3n) is 2.32. The predicted molar refractivity (Wildman–Crippen MR) is 62.5 cm³/mol. The van der Waals surface area contributed by atoms with Gasteiger partial charge in [0, 0.05) is 12.4 Å². The number of halogens is 1. The van der Waals surface area contributed by atoms with Gasteiger partial charge in [0.25, 0.3) is 0 Å². The van der Waals surface area contributed by atoms with Crippen molar-refractivity contribution in [3.05, 3.63) is 54.4 Å². The summed E-state index contributed by atoms with van der Waals surface area (Å²) in [7, 11) is 0. The van der Waals surface area contributed by atoms with Crippen molar-refractivity contribution in [2.75, 3.05) is 0 Å². The first-order valence-electron chi connectivity index (χ1n) is 4.71. The molecular weight excluding hydrogens is 238 g/mol. The van der Waals surface area contributed by atoms with E-state index in [4.69, 9.17) is 0 Å². The van der Waals surface area contributed by atoms with Gasteiger partial charge in [-0.25, -0.2) is 0 Å². The zero-order valence-electron chi connectivity index (χ0n) is 7.86. The van der Waals surface area contributed by atoms with Gasteiger partial charge in [0.05, 0.1) is 4.32 Å². The van der Waals surface area contributed by atoms with Crippen molar-refractivity contribution >= 4 is 15.9 Å². The molecule has 0 fully saturated rings. The fourth-order valence-corrected chi connectivity index (χ4v) is 2.27. The molecule has 1 aliphatic rings. The minimum Gasteiger partial charge on any atom is -0.264 e. The molecule has 1 unspecified atom stereocenters. The van der Waals surface area contributed by atoms with Crippen molar-refractivity contribution in [2.45, 2.75) is 17.2 Å². The van der Waals surface area contributed by atoms with Crippen LogP contribution in [0.1, 0.15) is 12.0 Å². The maximum atomic E-state index is 4.12. The smallest absolute Gasteiger partial charge is 0.0515 e. The number of alkyl halides is 1. The Morgan fingerprint density at radius 3 is 3.00 bits per heavy atom. The molecule has 1 aromatic rings. The lowest BCUT2D eigenvalue weighted by atomic mass is 9.94. The number of hydrogen-bond donors (Lipinski definition) is 0.